The van der Waals surface area contributed by atoms with Crippen molar-refractivity contribution < 1.29 is 8.78 Å². The van der Waals surface area contributed by atoms with Crippen molar-refractivity contribution in [2.45, 2.75) is 13.0 Å². The van der Waals surface area contributed by atoms with Gasteiger partial charge in [-0.25, -0.2) is 13.8 Å². The standard InChI is InChI=1S/C12H13F2N3/c1-8(12-15-5-6-17(12)2)16-11-7-9(13)3-4-10(11)14/h3-8,16H,1-2H3. The number of aromatic nitrogens is 2. The van der Waals surface area contributed by atoms with E-state index in [0.717, 1.165) is 24.0 Å². The molecule has 0 saturated carbocycles. The van der Waals surface area contributed by atoms with Gasteiger partial charge in [0.05, 0.1) is 11.7 Å². The van der Waals surface area contributed by atoms with Crippen molar-refractivity contribution in [1.82, 2.24) is 9.55 Å². The van der Waals surface area contributed by atoms with E-state index in [1.54, 1.807) is 12.4 Å². The lowest BCUT2D eigenvalue weighted by molar-refractivity contribution is 0.598. The van der Waals surface area contributed by atoms with Crippen LogP contribution >= 0.6 is 0 Å². The van der Waals surface area contributed by atoms with Crippen LogP contribution in [0.1, 0.15) is 18.8 Å². The van der Waals surface area contributed by atoms with E-state index in [4.69, 9.17) is 0 Å². The first kappa shape index (κ1) is 11.6. The maximum atomic E-state index is 13.4. The SMILES string of the molecule is CC(Nc1cc(F)ccc1F)c1nccn1C. The highest BCUT2D eigenvalue weighted by molar-refractivity contribution is 5.46. The lowest BCUT2D eigenvalue weighted by Gasteiger charge is -2.15. The van der Waals surface area contributed by atoms with Gasteiger partial charge in [-0.1, -0.05) is 0 Å². The molecule has 5 heteroatoms. The lowest BCUT2D eigenvalue weighted by Crippen LogP contribution is -2.12. The van der Waals surface area contributed by atoms with Gasteiger partial charge >= 0.3 is 0 Å². The minimum absolute atomic E-state index is 0.139. The Labute approximate surface area is 98.1 Å². The zero-order valence-corrected chi connectivity index (χ0v) is 9.61. The summed E-state index contributed by atoms with van der Waals surface area (Å²) in [4.78, 5) is 4.15. The van der Waals surface area contributed by atoms with Crippen molar-refractivity contribution >= 4 is 5.69 Å². The predicted octanol–water partition coefficient (Wildman–Crippen LogP) is 2.87. The van der Waals surface area contributed by atoms with Crippen LogP contribution in [0.25, 0.3) is 0 Å². The highest BCUT2D eigenvalue weighted by atomic mass is 19.1. The number of nitrogens with one attached hydrogen (secondary N) is 1. The highest BCUT2D eigenvalue weighted by Gasteiger charge is 2.12. The smallest absolute Gasteiger partial charge is 0.146 e. The molecule has 2 aromatic rings. The molecule has 0 aliphatic heterocycles. The fourth-order valence-corrected chi connectivity index (χ4v) is 1.70. The van der Waals surface area contributed by atoms with E-state index in [-0.39, 0.29) is 11.7 Å². The van der Waals surface area contributed by atoms with Crippen molar-refractivity contribution in [2.75, 3.05) is 5.32 Å². The van der Waals surface area contributed by atoms with E-state index in [2.05, 4.69) is 10.3 Å². The van der Waals surface area contributed by atoms with Crippen molar-refractivity contribution in [3.63, 3.8) is 0 Å². The Hall–Kier alpha value is -1.91. The number of benzene rings is 1. The molecule has 1 N–H and O–H groups in total. The number of nitrogens with zero attached hydrogens (tertiary/aromatic N) is 2. The van der Waals surface area contributed by atoms with Crippen LogP contribution in [0.3, 0.4) is 0 Å². The topological polar surface area (TPSA) is 29.9 Å². The molecular formula is C12H13F2N3. The third-order valence-electron chi connectivity index (χ3n) is 2.55. The first-order valence-electron chi connectivity index (χ1n) is 5.26. The Balaban J connectivity index is 2.21. The zero-order chi connectivity index (χ0) is 12.4. The maximum Gasteiger partial charge on any atom is 0.146 e. The monoisotopic (exact) mass is 237 g/mol. The highest BCUT2D eigenvalue weighted by Crippen LogP contribution is 2.21. The van der Waals surface area contributed by atoms with E-state index in [1.807, 2.05) is 18.5 Å². The molecule has 1 atom stereocenters. The number of imidazole rings is 1. The number of hydrogen-bond donors (Lipinski definition) is 1. The van der Waals surface area contributed by atoms with Crippen LogP contribution in [0, 0.1) is 11.6 Å². The molecule has 0 aliphatic carbocycles. The van der Waals surface area contributed by atoms with Crippen LogP contribution in [-0.2, 0) is 7.05 Å². The fourth-order valence-electron chi connectivity index (χ4n) is 1.70. The van der Waals surface area contributed by atoms with Gasteiger partial charge in [0, 0.05) is 19.4 Å². The molecular weight excluding hydrogens is 224 g/mol. The first-order chi connectivity index (χ1) is 8.08. The van der Waals surface area contributed by atoms with Crippen LogP contribution < -0.4 is 5.32 Å². The number of anilines is 1. The average molecular weight is 237 g/mol. The van der Waals surface area contributed by atoms with Gasteiger partial charge in [-0.3, -0.25) is 0 Å². The Morgan fingerprint density at radius 1 is 1.35 bits per heavy atom. The number of hydrogen-bond acceptors (Lipinski definition) is 2. The summed E-state index contributed by atoms with van der Waals surface area (Å²) in [5.74, 6) is -0.193. The van der Waals surface area contributed by atoms with Crippen molar-refractivity contribution in [3.05, 3.63) is 48.1 Å². The summed E-state index contributed by atoms with van der Waals surface area (Å²) in [6.07, 6.45) is 3.46. The summed E-state index contributed by atoms with van der Waals surface area (Å²) in [6.45, 7) is 1.84. The van der Waals surface area contributed by atoms with E-state index in [9.17, 15) is 8.78 Å². The molecule has 17 heavy (non-hydrogen) atoms. The molecule has 0 fully saturated rings. The van der Waals surface area contributed by atoms with Crippen molar-refractivity contribution in [2.24, 2.45) is 7.05 Å². The fraction of sp³-hybridized carbons (Fsp3) is 0.250. The molecule has 0 aliphatic rings. The van der Waals surface area contributed by atoms with Crippen molar-refractivity contribution in [3.8, 4) is 0 Å². The van der Waals surface area contributed by atoms with Gasteiger partial charge in [0.2, 0.25) is 0 Å². The number of halogens is 2. The summed E-state index contributed by atoms with van der Waals surface area (Å²) in [5, 5.41) is 2.90. The first-order valence-corrected chi connectivity index (χ1v) is 5.26. The van der Waals surface area contributed by atoms with Crippen LogP contribution in [-0.4, -0.2) is 9.55 Å². The largest absolute Gasteiger partial charge is 0.373 e. The molecule has 1 aromatic carbocycles. The quantitative estimate of drug-likeness (QED) is 0.889. The molecule has 1 unspecified atom stereocenters. The normalized spacial score (nSPS) is 12.5. The van der Waals surface area contributed by atoms with Gasteiger partial charge in [0.15, 0.2) is 0 Å². The number of rotatable bonds is 3. The van der Waals surface area contributed by atoms with Crippen LogP contribution in [0.2, 0.25) is 0 Å². The molecule has 1 heterocycles. The molecule has 0 radical (unpaired) electrons. The summed E-state index contributed by atoms with van der Waals surface area (Å²) in [7, 11) is 1.85. The molecule has 0 saturated heterocycles. The van der Waals surface area contributed by atoms with Crippen molar-refractivity contribution in [1.29, 1.82) is 0 Å². The molecule has 0 spiro atoms. The van der Waals surface area contributed by atoms with E-state index in [0.29, 0.717) is 0 Å². The molecule has 90 valence electrons. The van der Waals surface area contributed by atoms with Crippen LogP contribution in [0.15, 0.2) is 30.6 Å². The molecule has 0 bridgehead atoms. The Kier molecular flexibility index (Phi) is 3.08. The van der Waals surface area contributed by atoms with Gasteiger partial charge in [0.25, 0.3) is 0 Å². The third kappa shape index (κ3) is 2.43. The van der Waals surface area contributed by atoms with E-state index in [1.165, 1.54) is 0 Å². The third-order valence-corrected chi connectivity index (χ3v) is 2.55. The van der Waals surface area contributed by atoms with Gasteiger partial charge in [-0.2, -0.15) is 0 Å². The number of aryl methyl sites for hydroxylation is 1. The summed E-state index contributed by atoms with van der Waals surface area (Å²) in [6, 6.07) is 3.12. The molecule has 2 rings (SSSR count). The minimum Gasteiger partial charge on any atom is -0.373 e. The second-order valence-corrected chi connectivity index (χ2v) is 3.89. The summed E-state index contributed by atoms with van der Waals surface area (Å²) in [5.41, 5.74) is 0.139. The van der Waals surface area contributed by atoms with E-state index < -0.39 is 11.6 Å². The lowest BCUT2D eigenvalue weighted by atomic mass is 10.2. The maximum absolute atomic E-state index is 13.4. The van der Waals surface area contributed by atoms with Crippen LogP contribution in [0.5, 0.6) is 0 Å². The Morgan fingerprint density at radius 3 is 2.76 bits per heavy atom. The minimum atomic E-state index is -0.479. The van der Waals surface area contributed by atoms with E-state index >= 15 is 0 Å². The summed E-state index contributed by atoms with van der Waals surface area (Å²) >= 11 is 0. The molecule has 0 amide bonds. The predicted molar refractivity (Wildman–Crippen MR) is 61.6 cm³/mol. The second kappa shape index (κ2) is 4.53. The van der Waals surface area contributed by atoms with Gasteiger partial charge < -0.3 is 9.88 Å². The molecule has 3 nitrogen and oxygen atoms in total. The van der Waals surface area contributed by atoms with Gasteiger partial charge in [-0.05, 0) is 25.1 Å². The summed E-state index contributed by atoms with van der Waals surface area (Å²) < 4.78 is 28.2. The van der Waals surface area contributed by atoms with Gasteiger partial charge in [0.1, 0.15) is 17.5 Å². The van der Waals surface area contributed by atoms with Crippen LogP contribution in [0.4, 0.5) is 14.5 Å². The zero-order valence-electron chi connectivity index (χ0n) is 9.61. The Bertz CT molecular complexity index is 522. The Morgan fingerprint density at radius 2 is 2.12 bits per heavy atom. The van der Waals surface area contributed by atoms with Gasteiger partial charge in [-0.15, -0.1) is 0 Å². The average Bonchev–Trinajstić information content (AvgIpc) is 2.70. The molecule has 1 aromatic heterocycles. The second-order valence-electron chi connectivity index (χ2n) is 3.89.